The van der Waals surface area contributed by atoms with Gasteiger partial charge in [0, 0.05) is 30.8 Å². The van der Waals surface area contributed by atoms with Crippen LogP contribution in [0.1, 0.15) is 14.3 Å². The molecule has 0 radical (unpaired) electrons. The molecule has 1 N–H and O–H groups in total. The van der Waals surface area contributed by atoms with E-state index in [4.69, 9.17) is 0 Å². The Morgan fingerprint density at radius 3 is 2.62 bits per heavy atom. The first-order chi connectivity index (χ1) is 15.6. The number of carboxylic acid groups (broad SMARTS) is 1. The summed E-state index contributed by atoms with van der Waals surface area (Å²) < 4.78 is 39.0. The van der Waals surface area contributed by atoms with Gasteiger partial charge in [0.2, 0.25) is 0 Å². The van der Waals surface area contributed by atoms with Gasteiger partial charge in [0.05, 0.1) is 17.9 Å². The summed E-state index contributed by atoms with van der Waals surface area (Å²) in [6, 6.07) is 1.26. The fraction of sp³-hybridized carbons (Fsp3) is 0.381. The van der Waals surface area contributed by atoms with E-state index in [2.05, 4.69) is 4.98 Å². The van der Waals surface area contributed by atoms with Crippen LogP contribution < -0.4 is 34.5 Å². The Morgan fingerprint density at radius 1 is 1.26 bits per heavy atom. The summed E-state index contributed by atoms with van der Waals surface area (Å²) in [5.74, 6) is -5.27. The predicted molar refractivity (Wildman–Crippen MR) is 105 cm³/mol. The van der Waals surface area contributed by atoms with Crippen molar-refractivity contribution >= 4 is 29.4 Å². The zero-order chi connectivity index (χ0) is 23.7. The smallest absolute Gasteiger partial charge is 1.00 e. The zero-order valence-electron chi connectivity index (χ0n) is 19.0. The maximum absolute atomic E-state index is 13.0. The van der Waals surface area contributed by atoms with Crippen molar-refractivity contribution in [2.45, 2.75) is 31.1 Å². The van der Waals surface area contributed by atoms with E-state index >= 15 is 0 Å². The fourth-order valence-electron chi connectivity index (χ4n) is 5.19. The third kappa shape index (κ3) is 3.64. The van der Waals surface area contributed by atoms with Crippen LogP contribution >= 0.6 is 0 Å². The van der Waals surface area contributed by atoms with Gasteiger partial charge < -0.3 is 16.3 Å². The van der Waals surface area contributed by atoms with Crippen molar-refractivity contribution in [3.05, 3.63) is 47.4 Å². The number of alkyl halides is 3. The number of likely N-dealkylation sites (tertiary alicyclic amines) is 1. The Labute approximate surface area is 214 Å². The van der Waals surface area contributed by atoms with Crippen LogP contribution in [0, 0.1) is 5.92 Å². The molecule has 4 aliphatic rings. The molecule has 3 fully saturated rings. The molecule has 0 bridgehead atoms. The van der Waals surface area contributed by atoms with E-state index in [1.54, 1.807) is 18.3 Å². The van der Waals surface area contributed by atoms with Crippen molar-refractivity contribution in [3.8, 4) is 0 Å². The second-order valence-corrected chi connectivity index (χ2v) is 8.33. The molecular formula is C21H18F3N4NaO5. The Bertz CT molecular complexity index is 1160. The van der Waals surface area contributed by atoms with E-state index in [9.17, 15) is 37.5 Å². The molecule has 3 amide bonds. The average molecular weight is 486 g/mol. The summed E-state index contributed by atoms with van der Waals surface area (Å²) in [5, 5.41) is 9.77. The van der Waals surface area contributed by atoms with Gasteiger partial charge in [-0.3, -0.25) is 24.3 Å². The number of halogens is 3. The third-order valence-corrected chi connectivity index (χ3v) is 6.53. The first-order valence-corrected chi connectivity index (χ1v) is 10.2. The van der Waals surface area contributed by atoms with Crippen molar-refractivity contribution in [2.75, 3.05) is 18.0 Å². The van der Waals surface area contributed by atoms with Crippen molar-refractivity contribution in [3.63, 3.8) is 0 Å². The number of rotatable bonds is 3. The number of aliphatic carboxylic acids is 1. The minimum Gasteiger partial charge on any atom is -1.00 e. The van der Waals surface area contributed by atoms with Gasteiger partial charge in [-0.2, -0.15) is 13.2 Å². The number of carbonyl (C=O) groups excluding carboxylic acids is 3. The molecule has 0 unspecified atom stereocenters. The van der Waals surface area contributed by atoms with Crippen LogP contribution in [-0.4, -0.2) is 74.9 Å². The van der Waals surface area contributed by atoms with Gasteiger partial charge in [-0.05, 0) is 36.6 Å². The van der Waals surface area contributed by atoms with Gasteiger partial charge in [-0.1, -0.05) is 0 Å². The molecular weight excluding hydrogens is 468 g/mol. The summed E-state index contributed by atoms with van der Waals surface area (Å²) in [5.41, 5.74) is 0.754. The molecule has 0 spiro atoms. The van der Waals surface area contributed by atoms with Gasteiger partial charge in [-0.25, -0.2) is 4.79 Å². The van der Waals surface area contributed by atoms with Crippen LogP contribution in [0.3, 0.4) is 0 Å². The fourth-order valence-corrected chi connectivity index (χ4v) is 5.19. The van der Waals surface area contributed by atoms with Gasteiger partial charge in [0.25, 0.3) is 11.8 Å². The normalized spacial score (nSPS) is 27.1. The Hall–Kier alpha value is -2.70. The predicted octanol–water partition coefficient (Wildman–Crippen LogP) is -1.80. The monoisotopic (exact) mass is 486 g/mol. The number of allylic oxidation sites excluding steroid dienone is 2. The van der Waals surface area contributed by atoms with Crippen LogP contribution in [0.4, 0.5) is 18.9 Å². The number of nitrogens with zero attached hydrogens (tertiary/aromatic N) is 4. The molecule has 1 aromatic rings. The van der Waals surface area contributed by atoms with E-state index in [-0.39, 0.29) is 61.1 Å². The summed E-state index contributed by atoms with van der Waals surface area (Å²) in [7, 11) is 0. The first kappa shape index (κ1) is 24.4. The van der Waals surface area contributed by atoms with Crippen LogP contribution in [0.5, 0.6) is 0 Å². The standard InChI is InChI=1S/C21H17F3N4O5.Na.H/c22-21(23,24)20(33)27-9-12-7-11(15(19(31)32)28-14(12)16(27)18(28)30)6-10-3-5-26(17(10)29)13-2-1-4-25-8-13;;/h1-2,4,6,8,12,14,16H,3,5,7,9H2,(H,31,32);;/q;+1;-1/b10-6+;;/t12-,14-,16+;;/m1../s1. The maximum atomic E-state index is 13.0. The number of hydrogen-bond acceptors (Lipinski definition) is 5. The molecule has 34 heavy (non-hydrogen) atoms. The second-order valence-electron chi connectivity index (χ2n) is 8.33. The summed E-state index contributed by atoms with van der Waals surface area (Å²) in [6.45, 7) is 0.0436. The van der Waals surface area contributed by atoms with Crippen LogP contribution in [-0.2, 0) is 19.2 Å². The molecule has 9 nitrogen and oxygen atoms in total. The average Bonchev–Trinajstić information content (AvgIpc) is 3.31. The molecule has 5 heterocycles. The number of carbonyl (C=O) groups is 4. The van der Waals surface area contributed by atoms with Crippen molar-refractivity contribution in [1.29, 1.82) is 0 Å². The Balaban J connectivity index is 0.00000171. The Kier molecular flexibility index (Phi) is 6.11. The van der Waals surface area contributed by atoms with Crippen molar-refractivity contribution < 1.29 is 68.4 Å². The molecule has 4 aliphatic heterocycles. The topological polar surface area (TPSA) is 111 Å². The van der Waals surface area contributed by atoms with E-state index in [1.807, 2.05) is 0 Å². The Morgan fingerprint density at radius 2 is 2.00 bits per heavy atom. The van der Waals surface area contributed by atoms with E-state index < -0.39 is 42.0 Å². The molecule has 174 valence electrons. The van der Waals surface area contributed by atoms with Crippen LogP contribution in [0.25, 0.3) is 0 Å². The molecule has 0 aliphatic carbocycles. The number of hydrogen-bond donors (Lipinski definition) is 1. The first-order valence-electron chi connectivity index (χ1n) is 10.2. The molecule has 0 aromatic carbocycles. The molecule has 3 atom stereocenters. The summed E-state index contributed by atoms with van der Waals surface area (Å²) in [6.07, 6.45) is -0.251. The molecule has 0 saturated carbocycles. The molecule has 3 saturated heterocycles. The van der Waals surface area contributed by atoms with E-state index in [0.29, 0.717) is 29.1 Å². The SMILES string of the molecule is O=C(O)C1=C(/C=C2\CCN(c3cccnc3)C2=O)C[C@@H]2CN(C(=O)C(F)(F)F)[C@@H]3C(=O)N1[C@H]23.[H-].[Na+]. The zero-order valence-corrected chi connectivity index (χ0v) is 20.0. The van der Waals surface area contributed by atoms with Gasteiger partial charge >= 0.3 is 47.6 Å². The minimum absolute atomic E-state index is 0. The van der Waals surface area contributed by atoms with Crippen molar-refractivity contribution in [1.82, 2.24) is 14.8 Å². The number of amides is 3. The van der Waals surface area contributed by atoms with E-state index in [1.165, 1.54) is 17.2 Å². The number of carboxylic acids is 1. The number of anilines is 1. The summed E-state index contributed by atoms with van der Waals surface area (Å²) >= 11 is 0. The van der Waals surface area contributed by atoms with Gasteiger partial charge in [0.15, 0.2) is 0 Å². The third-order valence-electron chi connectivity index (χ3n) is 6.53. The largest absolute Gasteiger partial charge is 1.00 e. The molecule has 5 rings (SSSR count). The quantitative estimate of drug-likeness (QED) is 0.307. The number of aromatic nitrogens is 1. The van der Waals surface area contributed by atoms with Crippen LogP contribution in [0.15, 0.2) is 47.4 Å². The maximum Gasteiger partial charge on any atom is 1.00 e. The molecule has 1 aromatic heterocycles. The van der Waals surface area contributed by atoms with Crippen LogP contribution in [0.2, 0.25) is 0 Å². The van der Waals surface area contributed by atoms with Gasteiger partial charge in [-0.15, -0.1) is 0 Å². The second kappa shape index (κ2) is 8.51. The number of β-lactam (4-membered cyclic amide) rings is 1. The van der Waals surface area contributed by atoms with E-state index in [0.717, 1.165) is 4.90 Å². The van der Waals surface area contributed by atoms with Gasteiger partial charge in [0.1, 0.15) is 11.7 Å². The van der Waals surface area contributed by atoms with Crippen molar-refractivity contribution in [2.24, 2.45) is 5.92 Å². The summed E-state index contributed by atoms with van der Waals surface area (Å²) in [4.78, 5) is 56.3. The molecule has 13 heteroatoms. The minimum atomic E-state index is -5.13. The number of pyridine rings is 1.